The molecule has 0 bridgehead atoms. The van der Waals surface area contributed by atoms with E-state index in [9.17, 15) is 19.7 Å². The van der Waals surface area contributed by atoms with Crippen molar-refractivity contribution in [3.8, 4) is 0 Å². The van der Waals surface area contributed by atoms with Crippen LogP contribution in [0.2, 0.25) is 0 Å². The van der Waals surface area contributed by atoms with Crippen LogP contribution in [0.25, 0.3) is 0 Å². The predicted octanol–water partition coefficient (Wildman–Crippen LogP) is 2.85. The second-order valence-corrected chi connectivity index (χ2v) is 7.24. The fourth-order valence-corrected chi connectivity index (χ4v) is 2.36. The number of nitrogens with zero attached hydrogens (tertiary/aromatic N) is 1. The second kappa shape index (κ2) is 7.19. The molecule has 1 aromatic carbocycles. The van der Waals surface area contributed by atoms with Crippen LogP contribution in [0.4, 0.5) is 16.2 Å². The van der Waals surface area contributed by atoms with Crippen molar-refractivity contribution in [2.45, 2.75) is 44.8 Å². The van der Waals surface area contributed by atoms with Gasteiger partial charge in [0, 0.05) is 12.6 Å². The van der Waals surface area contributed by atoms with Crippen LogP contribution in [0.5, 0.6) is 0 Å². The standard InChI is InChI=1S/C17H23N3O6/c1-16(2,3)26-15(22)19-17(7-8-17)10-18-12-9-11(14(21)25-4)5-6-13(12)20(23)24/h5-6,9,18H,7-8,10H2,1-4H3,(H,19,22). The maximum Gasteiger partial charge on any atom is 0.408 e. The highest BCUT2D eigenvalue weighted by atomic mass is 16.6. The van der Waals surface area contributed by atoms with E-state index in [1.807, 2.05) is 0 Å². The van der Waals surface area contributed by atoms with Crippen molar-refractivity contribution in [1.82, 2.24) is 5.32 Å². The lowest BCUT2D eigenvalue weighted by molar-refractivity contribution is -0.384. The van der Waals surface area contributed by atoms with Gasteiger partial charge in [-0.2, -0.15) is 0 Å². The molecular formula is C17H23N3O6. The summed E-state index contributed by atoms with van der Waals surface area (Å²) in [5, 5.41) is 17.0. The van der Waals surface area contributed by atoms with Crippen molar-refractivity contribution < 1.29 is 24.0 Å². The summed E-state index contributed by atoms with van der Waals surface area (Å²) in [6.07, 6.45) is 0.919. The maximum absolute atomic E-state index is 12.0. The van der Waals surface area contributed by atoms with Crippen LogP contribution in [0.15, 0.2) is 18.2 Å². The van der Waals surface area contributed by atoms with Crippen LogP contribution in [-0.4, -0.2) is 41.8 Å². The molecule has 1 aliphatic rings. The van der Waals surface area contributed by atoms with Gasteiger partial charge in [-0.15, -0.1) is 0 Å². The summed E-state index contributed by atoms with van der Waals surface area (Å²) in [6, 6.07) is 3.95. The fraction of sp³-hybridized carbons (Fsp3) is 0.529. The first-order valence-electron chi connectivity index (χ1n) is 8.17. The highest BCUT2D eigenvalue weighted by Crippen LogP contribution is 2.37. The molecule has 0 unspecified atom stereocenters. The Hall–Kier alpha value is -2.84. The number of ether oxygens (including phenoxy) is 2. The third-order valence-corrected chi connectivity index (χ3v) is 3.85. The van der Waals surface area contributed by atoms with Crippen LogP contribution < -0.4 is 10.6 Å². The molecule has 0 spiro atoms. The van der Waals surface area contributed by atoms with Gasteiger partial charge in [-0.05, 0) is 45.7 Å². The van der Waals surface area contributed by atoms with Crippen LogP contribution in [0.1, 0.15) is 44.0 Å². The fourth-order valence-electron chi connectivity index (χ4n) is 2.36. The van der Waals surface area contributed by atoms with Crippen molar-refractivity contribution in [3.05, 3.63) is 33.9 Å². The topological polar surface area (TPSA) is 120 Å². The van der Waals surface area contributed by atoms with Crippen molar-refractivity contribution in [2.24, 2.45) is 0 Å². The molecule has 1 fully saturated rings. The number of nitro benzene ring substituents is 1. The van der Waals surface area contributed by atoms with Gasteiger partial charge in [0.1, 0.15) is 11.3 Å². The molecule has 1 aromatic rings. The summed E-state index contributed by atoms with van der Waals surface area (Å²) in [4.78, 5) is 34.3. The quantitative estimate of drug-likeness (QED) is 0.452. The van der Waals surface area contributed by atoms with E-state index in [4.69, 9.17) is 4.74 Å². The van der Waals surface area contributed by atoms with Gasteiger partial charge in [-0.3, -0.25) is 10.1 Å². The summed E-state index contributed by atoms with van der Waals surface area (Å²) >= 11 is 0. The number of hydrogen-bond acceptors (Lipinski definition) is 7. The predicted molar refractivity (Wildman–Crippen MR) is 94.3 cm³/mol. The average molecular weight is 365 g/mol. The third kappa shape index (κ3) is 5.08. The molecular weight excluding hydrogens is 342 g/mol. The molecule has 0 radical (unpaired) electrons. The van der Waals surface area contributed by atoms with Gasteiger partial charge in [0.05, 0.1) is 23.1 Å². The van der Waals surface area contributed by atoms with E-state index in [1.165, 1.54) is 25.3 Å². The molecule has 0 saturated heterocycles. The summed E-state index contributed by atoms with van der Waals surface area (Å²) in [7, 11) is 1.24. The Labute approximate surface area is 151 Å². The molecule has 0 heterocycles. The Morgan fingerprint density at radius 2 is 1.96 bits per heavy atom. The SMILES string of the molecule is COC(=O)c1ccc([N+](=O)[O-])c(NCC2(NC(=O)OC(C)(C)C)CC2)c1. The molecule has 0 aliphatic heterocycles. The van der Waals surface area contributed by atoms with E-state index < -0.39 is 28.1 Å². The van der Waals surface area contributed by atoms with Gasteiger partial charge in [0.2, 0.25) is 0 Å². The largest absolute Gasteiger partial charge is 0.465 e. The summed E-state index contributed by atoms with van der Waals surface area (Å²) in [5.74, 6) is -0.587. The molecule has 0 atom stereocenters. The molecule has 1 saturated carbocycles. The zero-order valence-electron chi connectivity index (χ0n) is 15.3. The Kier molecular flexibility index (Phi) is 5.38. The number of nitro groups is 1. The van der Waals surface area contributed by atoms with Crippen LogP contribution in [-0.2, 0) is 9.47 Å². The zero-order valence-corrected chi connectivity index (χ0v) is 15.3. The number of rotatable bonds is 6. The number of nitrogens with one attached hydrogen (secondary N) is 2. The number of alkyl carbamates (subject to hydrolysis) is 1. The van der Waals surface area contributed by atoms with Gasteiger partial charge in [-0.25, -0.2) is 9.59 Å². The Balaban J connectivity index is 2.09. The molecule has 2 N–H and O–H groups in total. The minimum atomic E-state index is -0.610. The molecule has 0 aromatic heterocycles. The summed E-state index contributed by atoms with van der Waals surface area (Å²) in [5.41, 5.74) is -0.898. The number of benzene rings is 1. The Bertz CT molecular complexity index is 722. The molecule has 142 valence electrons. The normalized spacial score (nSPS) is 14.9. The van der Waals surface area contributed by atoms with Crippen molar-refractivity contribution in [1.29, 1.82) is 0 Å². The number of amides is 1. The number of methoxy groups -OCH3 is 1. The van der Waals surface area contributed by atoms with Gasteiger partial charge < -0.3 is 20.1 Å². The van der Waals surface area contributed by atoms with E-state index in [-0.39, 0.29) is 23.5 Å². The highest BCUT2D eigenvalue weighted by molar-refractivity contribution is 5.91. The first-order valence-corrected chi connectivity index (χ1v) is 8.17. The molecule has 2 rings (SSSR count). The highest BCUT2D eigenvalue weighted by Gasteiger charge is 2.45. The molecule has 9 heteroatoms. The first-order chi connectivity index (χ1) is 12.1. The summed E-state index contributed by atoms with van der Waals surface area (Å²) < 4.78 is 9.88. The number of hydrogen-bond donors (Lipinski definition) is 2. The summed E-state index contributed by atoms with van der Waals surface area (Å²) in [6.45, 7) is 5.59. The lowest BCUT2D eigenvalue weighted by atomic mass is 10.1. The monoisotopic (exact) mass is 365 g/mol. The Morgan fingerprint density at radius 3 is 2.46 bits per heavy atom. The maximum atomic E-state index is 12.0. The number of anilines is 1. The number of carbonyl (C=O) groups is 2. The van der Waals surface area contributed by atoms with Crippen molar-refractivity contribution in [2.75, 3.05) is 19.0 Å². The van der Waals surface area contributed by atoms with Crippen LogP contribution in [0, 0.1) is 10.1 Å². The van der Waals surface area contributed by atoms with Gasteiger partial charge >= 0.3 is 12.1 Å². The Morgan fingerprint density at radius 1 is 1.31 bits per heavy atom. The van der Waals surface area contributed by atoms with Crippen molar-refractivity contribution >= 4 is 23.4 Å². The third-order valence-electron chi connectivity index (χ3n) is 3.85. The van der Waals surface area contributed by atoms with Crippen LogP contribution in [0.3, 0.4) is 0 Å². The lowest BCUT2D eigenvalue weighted by Gasteiger charge is -2.24. The molecule has 1 aliphatic carbocycles. The molecule has 9 nitrogen and oxygen atoms in total. The van der Waals surface area contributed by atoms with E-state index in [1.54, 1.807) is 20.8 Å². The first kappa shape index (κ1) is 19.5. The lowest BCUT2D eigenvalue weighted by Crippen LogP contribution is -2.44. The minimum Gasteiger partial charge on any atom is -0.465 e. The smallest absolute Gasteiger partial charge is 0.408 e. The molecule has 26 heavy (non-hydrogen) atoms. The zero-order chi connectivity index (χ0) is 19.5. The average Bonchev–Trinajstić information content (AvgIpc) is 3.29. The van der Waals surface area contributed by atoms with E-state index in [0.29, 0.717) is 0 Å². The number of esters is 1. The minimum absolute atomic E-state index is 0.161. The number of carbonyl (C=O) groups excluding carboxylic acids is 2. The van der Waals surface area contributed by atoms with Gasteiger partial charge in [-0.1, -0.05) is 0 Å². The van der Waals surface area contributed by atoms with E-state index >= 15 is 0 Å². The van der Waals surface area contributed by atoms with E-state index in [0.717, 1.165) is 12.8 Å². The van der Waals surface area contributed by atoms with Crippen molar-refractivity contribution in [3.63, 3.8) is 0 Å². The van der Waals surface area contributed by atoms with Gasteiger partial charge in [0.15, 0.2) is 0 Å². The molecule has 1 amide bonds. The van der Waals surface area contributed by atoms with Gasteiger partial charge in [0.25, 0.3) is 5.69 Å². The van der Waals surface area contributed by atoms with E-state index in [2.05, 4.69) is 15.4 Å². The second-order valence-electron chi connectivity index (χ2n) is 7.24. The van der Waals surface area contributed by atoms with Crippen LogP contribution >= 0.6 is 0 Å².